The van der Waals surface area contributed by atoms with Gasteiger partial charge in [-0.2, -0.15) is 13.2 Å². The second kappa shape index (κ2) is 6.47. The van der Waals surface area contributed by atoms with Gasteiger partial charge >= 0.3 is 6.18 Å². The van der Waals surface area contributed by atoms with Gasteiger partial charge in [-0.15, -0.1) is 0 Å². The summed E-state index contributed by atoms with van der Waals surface area (Å²) in [5, 5.41) is 10.8. The molecular formula is C12H14F3NO4. The van der Waals surface area contributed by atoms with Crippen molar-refractivity contribution in [2.24, 2.45) is 0 Å². The fourth-order valence-corrected chi connectivity index (χ4v) is 1.38. The SMILES string of the molecule is COc1ccc(C(=O)NCC(O)C(F)(F)F)cc1OC. The van der Waals surface area contributed by atoms with Gasteiger partial charge in [0, 0.05) is 5.56 Å². The van der Waals surface area contributed by atoms with Crippen molar-refractivity contribution in [2.75, 3.05) is 20.8 Å². The second-order valence-corrected chi connectivity index (χ2v) is 3.84. The van der Waals surface area contributed by atoms with Crippen LogP contribution in [0.15, 0.2) is 18.2 Å². The zero-order valence-electron chi connectivity index (χ0n) is 10.8. The van der Waals surface area contributed by atoms with Crippen LogP contribution in [0.2, 0.25) is 0 Å². The standard InChI is InChI=1S/C12H14F3NO4/c1-19-8-4-3-7(5-9(8)20-2)11(18)16-6-10(17)12(13,14)15/h3-5,10,17H,6H2,1-2H3,(H,16,18). The summed E-state index contributed by atoms with van der Waals surface area (Å²) in [6.45, 7) is -0.920. The fraction of sp³-hybridized carbons (Fsp3) is 0.417. The molecule has 0 radical (unpaired) electrons. The lowest BCUT2D eigenvalue weighted by molar-refractivity contribution is -0.201. The molecule has 0 saturated carbocycles. The minimum atomic E-state index is -4.77. The molecule has 1 atom stereocenters. The van der Waals surface area contributed by atoms with Gasteiger partial charge in [0.15, 0.2) is 17.6 Å². The third kappa shape index (κ3) is 4.02. The van der Waals surface area contributed by atoms with Crippen LogP contribution in [-0.4, -0.2) is 44.1 Å². The Bertz CT molecular complexity index is 476. The molecule has 112 valence electrons. The largest absolute Gasteiger partial charge is 0.493 e. The molecule has 0 aromatic heterocycles. The average molecular weight is 293 g/mol. The summed E-state index contributed by atoms with van der Waals surface area (Å²) in [6.07, 6.45) is -7.38. The molecule has 1 amide bonds. The highest BCUT2D eigenvalue weighted by Gasteiger charge is 2.38. The smallest absolute Gasteiger partial charge is 0.416 e. The molecule has 0 aliphatic heterocycles. The van der Waals surface area contributed by atoms with Crippen molar-refractivity contribution < 1.29 is 32.5 Å². The normalized spacial score (nSPS) is 12.7. The van der Waals surface area contributed by atoms with Crippen molar-refractivity contribution in [1.29, 1.82) is 0 Å². The highest BCUT2D eigenvalue weighted by atomic mass is 19.4. The number of carbonyl (C=O) groups excluding carboxylic acids is 1. The van der Waals surface area contributed by atoms with Crippen LogP contribution in [0.1, 0.15) is 10.4 Å². The summed E-state index contributed by atoms with van der Waals surface area (Å²) in [5.74, 6) is -0.0925. The van der Waals surface area contributed by atoms with Gasteiger partial charge in [-0.25, -0.2) is 0 Å². The van der Waals surface area contributed by atoms with E-state index >= 15 is 0 Å². The molecule has 0 aliphatic rings. The lowest BCUT2D eigenvalue weighted by atomic mass is 10.2. The van der Waals surface area contributed by atoms with Crippen LogP contribution in [-0.2, 0) is 0 Å². The molecule has 0 saturated heterocycles. The number of carbonyl (C=O) groups is 1. The van der Waals surface area contributed by atoms with E-state index in [0.29, 0.717) is 5.75 Å². The molecule has 1 unspecified atom stereocenters. The number of alkyl halides is 3. The first kappa shape index (κ1) is 16.1. The number of benzene rings is 1. The summed E-state index contributed by atoms with van der Waals surface area (Å²) in [7, 11) is 2.78. The van der Waals surface area contributed by atoms with E-state index in [0.717, 1.165) is 0 Å². The zero-order valence-corrected chi connectivity index (χ0v) is 10.8. The molecule has 0 spiro atoms. The maximum atomic E-state index is 12.1. The van der Waals surface area contributed by atoms with Crippen LogP contribution in [0.4, 0.5) is 13.2 Å². The summed E-state index contributed by atoms with van der Waals surface area (Å²) in [5.41, 5.74) is 0.0945. The molecule has 5 nitrogen and oxygen atoms in total. The number of aliphatic hydroxyl groups is 1. The van der Waals surface area contributed by atoms with E-state index in [9.17, 15) is 18.0 Å². The topological polar surface area (TPSA) is 67.8 Å². The van der Waals surface area contributed by atoms with Crippen molar-refractivity contribution in [3.05, 3.63) is 23.8 Å². The predicted octanol–water partition coefficient (Wildman–Crippen LogP) is 1.36. The number of methoxy groups -OCH3 is 2. The maximum absolute atomic E-state index is 12.1. The number of hydrogen-bond donors (Lipinski definition) is 2. The molecule has 1 aromatic rings. The maximum Gasteiger partial charge on any atom is 0.416 e. The summed E-state index contributed by atoms with van der Waals surface area (Å²) < 4.78 is 46.2. The first-order valence-electron chi connectivity index (χ1n) is 5.54. The van der Waals surface area contributed by atoms with Gasteiger partial charge in [-0.05, 0) is 18.2 Å². The quantitative estimate of drug-likeness (QED) is 0.860. The Balaban J connectivity index is 2.73. The molecule has 0 bridgehead atoms. The Hall–Kier alpha value is -1.96. The van der Waals surface area contributed by atoms with Crippen molar-refractivity contribution in [3.8, 4) is 11.5 Å². The van der Waals surface area contributed by atoms with E-state index in [2.05, 4.69) is 0 Å². The number of halogens is 3. The van der Waals surface area contributed by atoms with Gasteiger partial charge in [-0.3, -0.25) is 4.79 Å². The van der Waals surface area contributed by atoms with Crippen LogP contribution in [0, 0.1) is 0 Å². The van der Waals surface area contributed by atoms with Crippen molar-refractivity contribution >= 4 is 5.91 Å². The third-order valence-corrected chi connectivity index (χ3v) is 2.48. The third-order valence-electron chi connectivity index (χ3n) is 2.48. The van der Waals surface area contributed by atoms with Crippen LogP contribution >= 0.6 is 0 Å². The summed E-state index contributed by atoms with van der Waals surface area (Å²) in [6, 6.07) is 4.15. The Morgan fingerprint density at radius 1 is 1.30 bits per heavy atom. The van der Waals surface area contributed by atoms with Gasteiger partial charge < -0.3 is 19.9 Å². The minimum Gasteiger partial charge on any atom is -0.493 e. The zero-order chi connectivity index (χ0) is 15.3. The van der Waals surface area contributed by atoms with Gasteiger partial charge in [0.1, 0.15) is 0 Å². The lowest BCUT2D eigenvalue weighted by Gasteiger charge is -2.15. The average Bonchev–Trinajstić information content (AvgIpc) is 2.42. The number of aliphatic hydroxyl groups excluding tert-OH is 1. The van der Waals surface area contributed by atoms with Crippen LogP contribution in [0.25, 0.3) is 0 Å². The molecule has 0 heterocycles. The van der Waals surface area contributed by atoms with Gasteiger partial charge in [0.25, 0.3) is 5.91 Å². The van der Waals surface area contributed by atoms with Crippen molar-refractivity contribution in [3.63, 3.8) is 0 Å². The first-order valence-corrected chi connectivity index (χ1v) is 5.54. The van der Waals surface area contributed by atoms with E-state index < -0.39 is 24.7 Å². The molecule has 1 aromatic carbocycles. The number of rotatable bonds is 5. The van der Waals surface area contributed by atoms with E-state index in [1.165, 1.54) is 32.4 Å². The highest BCUT2D eigenvalue weighted by Crippen LogP contribution is 2.27. The lowest BCUT2D eigenvalue weighted by Crippen LogP contribution is -2.40. The molecular weight excluding hydrogens is 279 g/mol. The van der Waals surface area contributed by atoms with Crippen LogP contribution in [0.3, 0.4) is 0 Å². The van der Waals surface area contributed by atoms with Gasteiger partial charge in [0.05, 0.1) is 20.8 Å². The second-order valence-electron chi connectivity index (χ2n) is 3.84. The van der Waals surface area contributed by atoms with Crippen molar-refractivity contribution in [1.82, 2.24) is 5.32 Å². The van der Waals surface area contributed by atoms with Crippen molar-refractivity contribution in [2.45, 2.75) is 12.3 Å². The molecule has 20 heavy (non-hydrogen) atoms. The summed E-state index contributed by atoms with van der Waals surface area (Å²) >= 11 is 0. The monoisotopic (exact) mass is 293 g/mol. The van der Waals surface area contributed by atoms with Crippen LogP contribution < -0.4 is 14.8 Å². The Morgan fingerprint density at radius 3 is 2.40 bits per heavy atom. The number of hydrogen-bond acceptors (Lipinski definition) is 4. The molecule has 1 rings (SSSR count). The van der Waals surface area contributed by atoms with E-state index in [1.54, 1.807) is 0 Å². The number of ether oxygens (including phenoxy) is 2. The fourth-order valence-electron chi connectivity index (χ4n) is 1.38. The molecule has 8 heteroatoms. The Morgan fingerprint density at radius 2 is 1.90 bits per heavy atom. The molecule has 2 N–H and O–H groups in total. The molecule has 0 aliphatic carbocycles. The summed E-state index contributed by atoms with van der Waals surface area (Å²) in [4.78, 5) is 11.7. The van der Waals surface area contributed by atoms with E-state index in [-0.39, 0.29) is 11.3 Å². The van der Waals surface area contributed by atoms with E-state index in [1.807, 2.05) is 5.32 Å². The Kier molecular flexibility index (Phi) is 5.20. The highest BCUT2D eigenvalue weighted by molar-refractivity contribution is 5.94. The van der Waals surface area contributed by atoms with Gasteiger partial charge in [0.2, 0.25) is 0 Å². The van der Waals surface area contributed by atoms with Gasteiger partial charge in [-0.1, -0.05) is 0 Å². The predicted molar refractivity (Wildman–Crippen MR) is 63.9 cm³/mol. The first-order chi connectivity index (χ1) is 9.29. The molecule has 0 fully saturated rings. The number of nitrogens with one attached hydrogen (secondary N) is 1. The minimum absolute atomic E-state index is 0.0945. The number of amides is 1. The van der Waals surface area contributed by atoms with Crippen LogP contribution in [0.5, 0.6) is 11.5 Å². The van der Waals surface area contributed by atoms with E-state index in [4.69, 9.17) is 14.6 Å². The Labute approximate surface area is 113 Å².